The molecule has 1 aliphatic heterocycles. The Hall–Kier alpha value is -1.05. The molecule has 4 rings (SSSR count). The molecule has 3 unspecified atom stereocenters. The second kappa shape index (κ2) is 9.90. The Kier molecular flexibility index (Phi) is 7.97. The lowest BCUT2D eigenvalue weighted by molar-refractivity contribution is -0.128. The molecule has 1 saturated heterocycles. The smallest absolute Gasteiger partial charge is 0.156 e. The van der Waals surface area contributed by atoms with Crippen LogP contribution >= 0.6 is 0 Å². The maximum atomic E-state index is 12.0. The number of carbonyl (C=O) groups excluding carboxylic acids is 1. The third-order valence-electron chi connectivity index (χ3n) is 8.33. The summed E-state index contributed by atoms with van der Waals surface area (Å²) in [5.74, 6) is 3.26. The highest BCUT2D eigenvalue weighted by atomic mass is 32.2. The molecule has 3 atom stereocenters. The summed E-state index contributed by atoms with van der Waals surface area (Å²) in [5.41, 5.74) is 1.65. The van der Waals surface area contributed by atoms with Crippen molar-refractivity contribution in [2.75, 3.05) is 18.1 Å². The Morgan fingerprint density at radius 2 is 1.70 bits per heavy atom. The van der Waals surface area contributed by atoms with E-state index in [-0.39, 0.29) is 17.1 Å². The lowest BCUT2D eigenvalue weighted by Crippen LogP contribution is -2.38. The Morgan fingerprint density at radius 1 is 1.12 bits per heavy atom. The third-order valence-corrected chi connectivity index (χ3v) is 12.0. The number of hydrogen-bond donors (Lipinski definition) is 0. The highest BCUT2D eigenvalue weighted by molar-refractivity contribution is 7.97. The van der Waals surface area contributed by atoms with Crippen LogP contribution in [-0.2, 0) is 25.8 Å². The number of ketones is 1. The summed E-state index contributed by atoms with van der Waals surface area (Å²) in [7, 11) is -3.97. The van der Waals surface area contributed by atoms with Crippen LogP contribution in [0.4, 0.5) is 0 Å². The average Bonchev–Trinajstić information content (AvgIpc) is 3.36. The lowest BCUT2D eigenvalue weighted by atomic mass is 9.70. The largest absolute Gasteiger partial charge is 0.747 e. The number of aryl methyl sites for hydroxylation is 2. The first kappa shape index (κ1) is 26.6. The minimum Gasteiger partial charge on any atom is -0.747 e. The van der Waals surface area contributed by atoms with E-state index < -0.39 is 20.8 Å². The van der Waals surface area contributed by atoms with E-state index in [1.54, 1.807) is 11.8 Å². The van der Waals surface area contributed by atoms with E-state index in [0.717, 1.165) is 18.8 Å². The maximum Gasteiger partial charge on any atom is 0.156 e. The zero-order valence-electron chi connectivity index (χ0n) is 21.0. The molecule has 2 aliphatic carbocycles. The number of fused-ring (bicyclic) bond motifs is 2. The lowest BCUT2D eigenvalue weighted by Gasteiger charge is -2.32. The Morgan fingerprint density at radius 3 is 2.12 bits per heavy atom. The van der Waals surface area contributed by atoms with Crippen molar-refractivity contribution in [2.45, 2.75) is 90.2 Å². The van der Waals surface area contributed by atoms with Gasteiger partial charge in [-0.05, 0) is 80.5 Å². The first-order valence-corrected chi connectivity index (χ1v) is 15.3. The van der Waals surface area contributed by atoms with Gasteiger partial charge in [0, 0.05) is 16.3 Å². The molecule has 0 radical (unpaired) electrons. The number of carbonyl (C=O) groups is 1. The summed E-state index contributed by atoms with van der Waals surface area (Å²) < 4.78 is 39.2. The topological polar surface area (TPSA) is 83.5 Å². The molecule has 2 saturated carbocycles. The maximum absolute atomic E-state index is 12.0. The normalized spacial score (nSPS) is 28.6. The van der Waals surface area contributed by atoms with Crippen molar-refractivity contribution < 1.29 is 22.5 Å². The van der Waals surface area contributed by atoms with Crippen LogP contribution in [0.5, 0.6) is 5.75 Å². The second-order valence-electron chi connectivity index (χ2n) is 10.7. The van der Waals surface area contributed by atoms with E-state index in [0.29, 0.717) is 23.7 Å². The molecular formula is C26H40O5S2. The predicted molar refractivity (Wildman–Crippen MR) is 134 cm³/mol. The summed E-state index contributed by atoms with van der Waals surface area (Å²) in [6, 6.07) is 4.73. The van der Waals surface area contributed by atoms with Gasteiger partial charge in [-0.25, -0.2) is 8.42 Å². The summed E-state index contributed by atoms with van der Waals surface area (Å²) in [6.07, 6.45) is 6.54. The minimum atomic E-state index is -4.49. The van der Waals surface area contributed by atoms with Crippen LogP contribution in [0.3, 0.4) is 0 Å². The number of benzene rings is 1. The van der Waals surface area contributed by atoms with Gasteiger partial charge < -0.3 is 9.29 Å². The summed E-state index contributed by atoms with van der Waals surface area (Å²) in [5, 5.41) is -1.30. The van der Waals surface area contributed by atoms with Crippen LogP contribution < -0.4 is 4.74 Å². The first-order valence-electron chi connectivity index (χ1n) is 12.2. The molecule has 0 N–H and O–H groups in total. The molecule has 1 heterocycles. The molecule has 186 valence electrons. The predicted octanol–water partition coefficient (Wildman–Crippen LogP) is 5.18. The molecule has 0 aromatic heterocycles. The summed E-state index contributed by atoms with van der Waals surface area (Å²) in [4.78, 5) is 13.5. The van der Waals surface area contributed by atoms with Gasteiger partial charge in [0.25, 0.3) is 0 Å². The summed E-state index contributed by atoms with van der Waals surface area (Å²) >= 11 is 0. The Bertz CT molecular complexity index is 955. The number of unbranched alkanes of at least 4 members (excludes halogenated alkanes) is 1. The molecule has 33 heavy (non-hydrogen) atoms. The van der Waals surface area contributed by atoms with E-state index in [1.165, 1.54) is 41.9 Å². The zero-order chi connectivity index (χ0) is 24.6. The van der Waals surface area contributed by atoms with Crippen molar-refractivity contribution in [1.29, 1.82) is 0 Å². The van der Waals surface area contributed by atoms with Gasteiger partial charge in [-0.15, -0.1) is 0 Å². The van der Waals surface area contributed by atoms with E-state index >= 15 is 0 Å². The number of Topliss-reactive ketones (excluding diaryl/α,β-unsaturated/α-hetero) is 1. The van der Waals surface area contributed by atoms with Crippen LogP contribution in [0.2, 0.25) is 0 Å². The fraction of sp³-hybridized carbons (Fsp3) is 0.731. The number of rotatable bonds is 6. The quantitative estimate of drug-likeness (QED) is 0.308. The number of hydrogen-bond acceptors (Lipinski definition) is 5. The fourth-order valence-corrected chi connectivity index (χ4v) is 9.72. The highest BCUT2D eigenvalue weighted by Gasteiger charge is 2.67. The third kappa shape index (κ3) is 5.01. The molecule has 1 aromatic carbocycles. The number of ether oxygens (including phenoxy) is 1. The van der Waals surface area contributed by atoms with Crippen LogP contribution in [-0.4, -0.2) is 42.1 Å². The fourth-order valence-electron chi connectivity index (χ4n) is 5.85. The molecule has 5 nitrogen and oxygen atoms in total. The van der Waals surface area contributed by atoms with Crippen LogP contribution in [0, 0.1) is 30.6 Å². The van der Waals surface area contributed by atoms with E-state index in [9.17, 15) is 17.8 Å². The van der Waals surface area contributed by atoms with Gasteiger partial charge in [-0.1, -0.05) is 34.1 Å². The van der Waals surface area contributed by atoms with Crippen molar-refractivity contribution in [2.24, 2.45) is 16.7 Å². The van der Waals surface area contributed by atoms with Gasteiger partial charge in [-0.2, -0.15) is 0 Å². The van der Waals surface area contributed by atoms with Crippen molar-refractivity contribution >= 4 is 26.8 Å². The first-order chi connectivity index (χ1) is 15.3. The Labute approximate surface area is 203 Å². The molecule has 3 fully saturated rings. The van der Waals surface area contributed by atoms with E-state index in [1.807, 2.05) is 13.8 Å². The second-order valence-corrected chi connectivity index (χ2v) is 14.4. The van der Waals surface area contributed by atoms with Gasteiger partial charge in [0.1, 0.15) is 32.6 Å². The molecule has 3 aliphatic rings. The van der Waals surface area contributed by atoms with Gasteiger partial charge in [0.05, 0.1) is 6.61 Å². The van der Waals surface area contributed by atoms with Crippen molar-refractivity contribution in [1.82, 2.24) is 0 Å². The van der Waals surface area contributed by atoms with Crippen molar-refractivity contribution in [3.8, 4) is 5.75 Å². The standard InChI is InChI=1S/C16H25OS.C10H16O4S/c1-4-5-8-17-16-13(2)11-15(12-14(16)3)18-9-6-7-10-18;1-9(2)6-4-5-10(9,3)8(11)7(6)15(12,13)14/h11-12H,4-10H2,1-3H3;6-7H,4-5H2,1-3H3,(H,12,13,14)/q+1;/p-1. The van der Waals surface area contributed by atoms with Gasteiger partial charge in [0.15, 0.2) is 10.7 Å². The molecule has 2 bridgehead atoms. The van der Waals surface area contributed by atoms with E-state index in [4.69, 9.17) is 4.74 Å². The SMILES string of the molecule is CC12CCC(C(S(=O)(=O)[O-])C1=O)C2(C)C.CCCCOc1c(C)cc([S+]2CCCC2)cc1C. The molecule has 0 amide bonds. The van der Waals surface area contributed by atoms with Crippen molar-refractivity contribution in [3.63, 3.8) is 0 Å². The summed E-state index contributed by atoms with van der Waals surface area (Å²) in [6.45, 7) is 13.0. The van der Waals surface area contributed by atoms with Crippen molar-refractivity contribution in [3.05, 3.63) is 23.3 Å². The average molecular weight is 497 g/mol. The highest BCUT2D eigenvalue weighted by Crippen LogP contribution is 2.64. The molecule has 1 aromatic rings. The molecular weight excluding hydrogens is 456 g/mol. The molecule has 7 heteroatoms. The van der Waals surface area contributed by atoms with Crippen LogP contribution in [0.1, 0.15) is 77.3 Å². The Balaban J connectivity index is 0.000000189. The zero-order valence-corrected chi connectivity index (χ0v) is 22.7. The van der Waals surface area contributed by atoms with Gasteiger partial charge in [-0.3, -0.25) is 4.79 Å². The van der Waals surface area contributed by atoms with Crippen LogP contribution in [0.15, 0.2) is 17.0 Å². The van der Waals surface area contributed by atoms with Gasteiger partial charge in [0.2, 0.25) is 0 Å². The van der Waals surface area contributed by atoms with Crippen LogP contribution in [0.25, 0.3) is 0 Å². The molecule has 0 spiro atoms. The van der Waals surface area contributed by atoms with E-state index in [2.05, 4.69) is 32.9 Å². The monoisotopic (exact) mass is 496 g/mol. The minimum absolute atomic E-state index is 0.294. The van der Waals surface area contributed by atoms with Gasteiger partial charge >= 0.3 is 0 Å².